The Hall–Kier alpha value is -2.24. The average molecular weight is 340 g/mol. The lowest BCUT2D eigenvalue weighted by molar-refractivity contribution is 0.598. The number of sulfonamides is 1. The lowest BCUT2D eigenvalue weighted by Crippen LogP contribution is -2.11. The van der Waals surface area contributed by atoms with E-state index in [9.17, 15) is 13.2 Å². The molecule has 2 aromatic rings. The number of nitrogens with two attached hydrogens (primary N) is 2. The van der Waals surface area contributed by atoms with Crippen molar-refractivity contribution in [2.45, 2.75) is 10.1 Å². The SMILES string of the molecule is CSc1nc(N)c(N=Nc2ccc(S(N)(=O)=O)cc2)c(=O)[nH]1. The van der Waals surface area contributed by atoms with Crippen LogP contribution < -0.4 is 16.4 Å². The number of hydrogen-bond donors (Lipinski definition) is 3. The van der Waals surface area contributed by atoms with Crippen LogP contribution in [0.3, 0.4) is 0 Å². The van der Waals surface area contributed by atoms with Crippen LogP contribution >= 0.6 is 11.8 Å². The van der Waals surface area contributed by atoms with Gasteiger partial charge in [-0.3, -0.25) is 9.78 Å². The Labute approximate surface area is 129 Å². The van der Waals surface area contributed by atoms with Gasteiger partial charge in [-0.1, -0.05) is 11.8 Å². The number of aromatic nitrogens is 2. The van der Waals surface area contributed by atoms with E-state index in [0.29, 0.717) is 10.8 Å². The molecule has 0 aliphatic rings. The molecule has 0 bridgehead atoms. The molecular weight excluding hydrogens is 328 g/mol. The minimum atomic E-state index is -3.77. The van der Waals surface area contributed by atoms with E-state index >= 15 is 0 Å². The third-order valence-electron chi connectivity index (χ3n) is 2.52. The summed E-state index contributed by atoms with van der Waals surface area (Å²) in [7, 11) is -3.77. The number of H-pyrrole nitrogens is 1. The van der Waals surface area contributed by atoms with E-state index < -0.39 is 15.6 Å². The van der Waals surface area contributed by atoms with Crippen molar-refractivity contribution in [3.05, 3.63) is 34.6 Å². The second kappa shape index (κ2) is 6.25. The zero-order chi connectivity index (χ0) is 16.3. The molecule has 0 aliphatic heterocycles. The molecule has 22 heavy (non-hydrogen) atoms. The van der Waals surface area contributed by atoms with Crippen molar-refractivity contribution in [1.82, 2.24) is 9.97 Å². The van der Waals surface area contributed by atoms with Gasteiger partial charge in [-0.2, -0.15) is 5.11 Å². The fourth-order valence-electron chi connectivity index (χ4n) is 1.47. The first-order valence-corrected chi connectivity index (χ1v) is 8.57. The zero-order valence-corrected chi connectivity index (χ0v) is 13.0. The number of hydrogen-bond acceptors (Lipinski definition) is 8. The summed E-state index contributed by atoms with van der Waals surface area (Å²) in [5.41, 5.74) is 5.35. The summed E-state index contributed by atoms with van der Waals surface area (Å²) in [4.78, 5) is 18.2. The predicted octanol–water partition coefficient (Wildman–Crippen LogP) is 1.14. The Bertz CT molecular complexity index is 874. The van der Waals surface area contributed by atoms with Crippen LogP contribution in [0.4, 0.5) is 17.2 Å². The Morgan fingerprint density at radius 2 is 1.86 bits per heavy atom. The van der Waals surface area contributed by atoms with Crippen LogP contribution in [0.1, 0.15) is 0 Å². The predicted molar refractivity (Wildman–Crippen MR) is 83.0 cm³/mol. The van der Waals surface area contributed by atoms with E-state index in [4.69, 9.17) is 10.9 Å². The fourth-order valence-corrected chi connectivity index (χ4v) is 2.37. The summed E-state index contributed by atoms with van der Waals surface area (Å²) >= 11 is 1.24. The summed E-state index contributed by atoms with van der Waals surface area (Å²) in [6.45, 7) is 0. The molecule has 0 unspecified atom stereocenters. The van der Waals surface area contributed by atoms with Crippen molar-refractivity contribution in [2.24, 2.45) is 15.4 Å². The number of thioether (sulfide) groups is 1. The van der Waals surface area contributed by atoms with E-state index in [1.807, 2.05) is 0 Å². The van der Waals surface area contributed by atoms with Crippen molar-refractivity contribution in [2.75, 3.05) is 12.0 Å². The van der Waals surface area contributed by atoms with Gasteiger partial charge in [-0.15, -0.1) is 5.11 Å². The molecule has 0 radical (unpaired) electrons. The highest BCUT2D eigenvalue weighted by Gasteiger charge is 2.09. The summed E-state index contributed by atoms with van der Waals surface area (Å²) in [6.07, 6.45) is 1.74. The van der Waals surface area contributed by atoms with Crippen molar-refractivity contribution in [3.63, 3.8) is 0 Å². The number of aromatic amines is 1. The largest absolute Gasteiger partial charge is 0.382 e. The van der Waals surface area contributed by atoms with E-state index in [1.165, 1.54) is 36.0 Å². The first-order chi connectivity index (χ1) is 10.3. The quantitative estimate of drug-likeness (QED) is 0.430. The molecular formula is C11H12N6O3S2. The standard InChI is InChI=1S/C11H12N6O3S2/c1-21-11-14-9(12)8(10(18)15-11)17-16-6-2-4-7(5-3-6)22(13,19)20/h2-5H,1H3,(H2,13,19,20)(H3,12,14,15,18). The molecule has 0 amide bonds. The normalized spacial score (nSPS) is 11.9. The van der Waals surface area contributed by atoms with Gasteiger partial charge in [0.2, 0.25) is 10.0 Å². The highest BCUT2D eigenvalue weighted by atomic mass is 32.2. The number of primary sulfonamides is 1. The summed E-state index contributed by atoms with van der Waals surface area (Å²) in [5, 5.41) is 12.9. The van der Waals surface area contributed by atoms with Crippen LogP contribution in [0.25, 0.3) is 0 Å². The maximum Gasteiger partial charge on any atom is 0.281 e. The number of nitrogens with zero attached hydrogens (tertiary/aromatic N) is 3. The third-order valence-corrected chi connectivity index (χ3v) is 4.03. The molecule has 0 saturated heterocycles. The molecule has 0 fully saturated rings. The van der Waals surface area contributed by atoms with Gasteiger partial charge in [0, 0.05) is 0 Å². The lowest BCUT2D eigenvalue weighted by atomic mass is 10.3. The fraction of sp³-hybridized carbons (Fsp3) is 0.0909. The Morgan fingerprint density at radius 1 is 1.23 bits per heavy atom. The van der Waals surface area contributed by atoms with Gasteiger partial charge >= 0.3 is 0 Å². The molecule has 0 atom stereocenters. The Kier molecular flexibility index (Phi) is 4.59. The maximum atomic E-state index is 11.8. The van der Waals surface area contributed by atoms with Crippen LogP contribution in [-0.4, -0.2) is 24.6 Å². The molecule has 1 aromatic carbocycles. The number of benzene rings is 1. The summed E-state index contributed by atoms with van der Waals surface area (Å²) in [5.74, 6) is -0.0435. The zero-order valence-electron chi connectivity index (χ0n) is 11.3. The van der Waals surface area contributed by atoms with Gasteiger partial charge in [0.15, 0.2) is 16.7 Å². The number of anilines is 1. The molecule has 0 saturated carbocycles. The second-order valence-corrected chi connectivity index (χ2v) is 6.40. The summed E-state index contributed by atoms with van der Waals surface area (Å²) in [6, 6.07) is 5.37. The monoisotopic (exact) mass is 340 g/mol. The van der Waals surface area contributed by atoms with Crippen molar-refractivity contribution < 1.29 is 8.42 Å². The number of rotatable bonds is 4. The highest BCUT2D eigenvalue weighted by Crippen LogP contribution is 2.21. The molecule has 5 N–H and O–H groups in total. The first-order valence-electron chi connectivity index (χ1n) is 5.79. The van der Waals surface area contributed by atoms with Gasteiger partial charge in [0.25, 0.3) is 5.56 Å². The number of nitrogens with one attached hydrogen (secondary N) is 1. The van der Waals surface area contributed by atoms with Gasteiger partial charge in [-0.25, -0.2) is 18.5 Å². The molecule has 1 heterocycles. The van der Waals surface area contributed by atoms with E-state index in [2.05, 4.69) is 20.2 Å². The van der Waals surface area contributed by atoms with Gasteiger partial charge in [0.1, 0.15) is 0 Å². The van der Waals surface area contributed by atoms with Crippen molar-refractivity contribution in [1.29, 1.82) is 0 Å². The molecule has 0 spiro atoms. The topological polar surface area (TPSA) is 157 Å². The van der Waals surface area contributed by atoms with E-state index in [1.54, 1.807) is 6.26 Å². The number of azo groups is 1. The van der Waals surface area contributed by atoms with E-state index in [-0.39, 0.29) is 16.4 Å². The molecule has 9 nitrogen and oxygen atoms in total. The lowest BCUT2D eigenvalue weighted by Gasteiger charge is -2.00. The minimum absolute atomic E-state index is 0.0435. The molecule has 116 valence electrons. The van der Waals surface area contributed by atoms with E-state index in [0.717, 1.165) is 0 Å². The third kappa shape index (κ3) is 3.69. The second-order valence-electron chi connectivity index (χ2n) is 4.05. The van der Waals surface area contributed by atoms with Crippen LogP contribution in [0.15, 0.2) is 49.3 Å². The van der Waals surface area contributed by atoms with Crippen LogP contribution in [0.5, 0.6) is 0 Å². The molecule has 0 aliphatic carbocycles. The maximum absolute atomic E-state index is 11.8. The van der Waals surface area contributed by atoms with Crippen molar-refractivity contribution in [3.8, 4) is 0 Å². The molecule has 1 aromatic heterocycles. The number of nitrogen functional groups attached to an aromatic ring is 1. The highest BCUT2D eigenvalue weighted by molar-refractivity contribution is 7.98. The minimum Gasteiger partial charge on any atom is -0.382 e. The molecule has 11 heteroatoms. The Balaban J connectivity index is 2.31. The summed E-state index contributed by atoms with van der Waals surface area (Å²) < 4.78 is 22.2. The van der Waals surface area contributed by atoms with Crippen LogP contribution in [0.2, 0.25) is 0 Å². The molecule has 2 rings (SSSR count). The van der Waals surface area contributed by atoms with Crippen LogP contribution in [-0.2, 0) is 10.0 Å². The smallest absolute Gasteiger partial charge is 0.281 e. The van der Waals surface area contributed by atoms with Crippen LogP contribution in [0, 0.1) is 0 Å². The van der Waals surface area contributed by atoms with Gasteiger partial charge < -0.3 is 5.73 Å². The first kappa shape index (κ1) is 16.1. The Morgan fingerprint density at radius 3 is 2.36 bits per heavy atom. The van der Waals surface area contributed by atoms with Gasteiger partial charge in [0.05, 0.1) is 10.6 Å². The van der Waals surface area contributed by atoms with Crippen molar-refractivity contribution >= 4 is 39.0 Å². The average Bonchev–Trinajstić information content (AvgIpc) is 2.45. The van der Waals surface area contributed by atoms with Gasteiger partial charge in [-0.05, 0) is 30.5 Å².